The number of ether oxygens (including phenoxy) is 3. The molecule has 1 saturated heterocycles. The lowest BCUT2D eigenvalue weighted by atomic mass is 10.1. The molecule has 1 aliphatic rings. The zero-order valence-corrected chi connectivity index (χ0v) is 9.09. The molecular formula is C12H14O4. The summed E-state index contributed by atoms with van der Waals surface area (Å²) in [6, 6.07) is 10.0. The highest BCUT2D eigenvalue weighted by Gasteiger charge is 2.36. The Morgan fingerprint density at radius 2 is 2.00 bits per heavy atom. The summed E-state index contributed by atoms with van der Waals surface area (Å²) in [5, 5.41) is 0. The van der Waals surface area contributed by atoms with Gasteiger partial charge in [-0.15, -0.1) is 0 Å². The molecule has 2 unspecified atom stereocenters. The van der Waals surface area contributed by atoms with Gasteiger partial charge in [-0.05, 0) is 18.4 Å². The number of cyclic esters (lactones) is 2. The molecular weight excluding hydrogens is 208 g/mol. The van der Waals surface area contributed by atoms with Gasteiger partial charge in [-0.3, -0.25) is 0 Å². The van der Waals surface area contributed by atoms with Gasteiger partial charge in [-0.2, -0.15) is 0 Å². The third-order valence-corrected chi connectivity index (χ3v) is 2.56. The Labute approximate surface area is 94.1 Å². The quantitative estimate of drug-likeness (QED) is 0.732. The van der Waals surface area contributed by atoms with Crippen molar-refractivity contribution in [2.24, 2.45) is 0 Å². The molecule has 0 spiro atoms. The molecule has 0 aliphatic carbocycles. The smallest absolute Gasteiger partial charge is 0.424 e. The van der Waals surface area contributed by atoms with Crippen LogP contribution in [0.4, 0.5) is 4.79 Å². The minimum Gasteiger partial charge on any atom is -0.424 e. The maximum absolute atomic E-state index is 10.9. The lowest BCUT2D eigenvalue weighted by Gasteiger charge is -2.13. The first-order valence-corrected chi connectivity index (χ1v) is 5.23. The Kier molecular flexibility index (Phi) is 3.41. The zero-order chi connectivity index (χ0) is 11.4. The highest BCUT2D eigenvalue weighted by Crippen LogP contribution is 2.20. The normalized spacial score (nSPS) is 23.9. The van der Waals surface area contributed by atoms with Crippen molar-refractivity contribution in [3.05, 3.63) is 35.9 Å². The lowest BCUT2D eigenvalue weighted by molar-refractivity contribution is -0.0780. The predicted molar refractivity (Wildman–Crippen MR) is 56.9 cm³/mol. The SMILES string of the molecule is COC1OC(=O)OC1CCc1ccccc1. The second-order valence-corrected chi connectivity index (χ2v) is 3.65. The van der Waals surface area contributed by atoms with Crippen LogP contribution in [0.1, 0.15) is 12.0 Å². The monoisotopic (exact) mass is 222 g/mol. The second-order valence-electron chi connectivity index (χ2n) is 3.65. The first-order valence-electron chi connectivity index (χ1n) is 5.23. The number of carbonyl (C=O) groups excluding carboxylic acids is 1. The average Bonchev–Trinajstić information content (AvgIpc) is 2.68. The fourth-order valence-corrected chi connectivity index (χ4v) is 1.73. The molecule has 1 aliphatic heterocycles. The van der Waals surface area contributed by atoms with Crippen molar-refractivity contribution in [3.63, 3.8) is 0 Å². The number of aryl methyl sites for hydroxylation is 1. The number of hydrogen-bond acceptors (Lipinski definition) is 4. The predicted octanol–water partition coefficient (Wildman–Crippen LogP) is 2.13. The maximum atomic E-state index is 10.9. The first kappa shape index (κ1) is 11.0. The van der Waals surface area contributed by atoms with Gasteiger partial charge in [0.25, 0.3) is 0 Å². The van der Waals surface area contributed by atoms with E-state index >= 15 is 0 Å². The number of methoxy groups -OCH3 is 1. The minimum absolute atomic E-state index is 0.308. The Bertz CT molecular complexity index is 349. The Hall–Kier alpha value is -1.55. The van der Waals surface area contributed by atoms with Crippen molar-refractivity contribution in [2.45, 2.75) is 25.2 Å². The van der Waals surface area contributed by atoms with Crippen LogP contribution in [0.2, 0.25) is 0 Å². The van der Waals surface area contributed by atoms with Gasteiger partial charge in [0.15, 0.2) is 6.10 Å². The fraction of sp³-hybridized carbons (Fsp3) is 0.417. The Morgan fingerprint density at radius 3 is 2.69 bits per heavy atom. The van der Waals surface area contributed by atoms with Crippen molar-refractivity contribution in [3.8, 4) is 0 Å². The van der Waals surface area contributed by atoms with Crippen LogP contribution in [0.5, 0.6) is 0 Å². The number of benzene rings is 1. The molecule has 0 bridgehead atoms. The third-order valence-electron chi connectivity index (χ3n) is 2.56. The standard InChI is InChI=1S/C12H14O4/c1-14-11-10(15-12(13)16-11)8-7-9-5-3-2-4-6-9/h2-6,10-11H,7-8H2,1H3. The fourth-order valence-electron chi connectivity index (χ4n) is 1.73. The van der Waals surface area contributed by atoms with Gasteiger partial charge >= 0.3 is 6.16 Å². The van der Waals surface area contributed by atoms with Gasteiger partial charge in [0.05, 0.1) is 0 Å². The molecule has 1 heterocycles. The van der Waals surface area contributed by atoms with Gasteiger partial charge in [-0.1, -0.05) is 30.3 Å². The van der Waals surface area contributed by atoms with Crippen LogP contribution in [0.15, 0.2) is 30.3 Å². The highest BCUT2D eigenvalue weighted by atomic mass is 16.8. The molecule has 1 aromatic rings. The van der Waals surface area contributed by atoms with E-state index in [1.165, 1.54) is 12.7 Å². The van der Waals surface area contributed by atoms with Crippen LogP contribution in [0.3, 0.4) is 0 Å². The third kappa shape index (κ3) is 2.52. The van der Waals surface area contributed by atoms with Crippen molar-refractivity contribution >= 4 is 6.16 Å². The average molecular weight is 222 g/mol. The van der Waals surface area contributed by atoms with Crippen molar-refractivity contribution in [1.29, 1.82) is 0 Å². The molecule has 0 N–H and O–H groups in total. The van der Waals surface area contributed by atoms with E-state index in [4.69, 9.17) is 14.2 Å². The molecule has 86 valence electrons. The van der Waals surface area contributed by atoms with Gasteiger partial charge in [0, 0.05) is 7.11 Å². The Balaban J connectivity index is 1.88. The molecule has 0 saturated carbocycles. The van der Waals surface area contributed by atoms with Crippen LogP contribution in [-0.2, 0) is 20.6 Å². The number of carbonyl (C=O) groups is 1. The largest absolute Gasteiger partial charge is 0.511 e. The number of hydrogen-bond donors (Lipinski definition) is 0. The molecule has 4 heteroatoms. The van der Waals surface area contributed by atoms with Gasteiger partial charge in [-0.25, -0.2) is 4.79 Å². The summed E-state index contributed by atoms with van der Waals surface area (Å²) in [7, 11) is 1.50. The van der Waals surface area contributed by atoms with Crippen LogP contribution < -0.4 is 0 Å². The number of rotatable bonds is 4. The van der Waals surface area contributed by atoms with Crippen LogP contribution in [-0.4, -0.2) is 25.7 Å². The molecule has 2 rings (SSSR count). The minimum atomic E-state index is -0.648. The summed E-state index contributed by atoms with van der Waals surface area (Å²) in [6.45, 7) is 0. The molecule has 0 aromatic heterocycles. The first-order chi connectivity index (χ1) is 7.79. The summed E-state index contributed by atoms with van der Waals surface area (Å²) in [5.41, 5.74) is 1.21. The summed E-state index contributed by atoms with van der Waals surface area (Å²) in [5.74, 6) is 0. The van der Waals surface area contributed by atoms with E-state index in [0.29, 0.717) is 6.42 Å². The Morgan fingerprint density at radius 1 is 1.25 bits per heavy atom. The van der Waals surface area contributed by atoms with E-state index in [9.17, 15) is 4.79 Å². The molecule has 2 atom stereocenters. The molecule has 1 aromatic carbocycles. The molecule has 4 nitrogen and oxygen atoms in total. The topological polar surface area (TPSA) is 44.8 Å². The van der Waals surface area contributed by atoms with E-state index in [0.717, 1.165) is 6.42 Å². The molecule has 1 fully saturated rings. The van der Waals surface area contributed by atoms with Crippen molar-refractivity contribution < 1.29 is 19.0 Å². The molecule has 0 radical (unpaired) electrons. The van der Waals surface area contributed by atoms with Gasteiger partial charge in [0.2, 0.25) is 6.29 Å². The van der Waals surface area contributed by atoms with Gasteiger partial charge in [0.1, 0.15) is 0 Å². The van der Waals surface area contributed by atoms with E-state index in [1.54, 1.807) is 0 Å². The van der Waals surface area contributed by atoms with Crippen LogP contribution >= 0.6 is 0 Å². The van der Waals surface area contributed by atoms with Crippen LogP contribution in [0, 0.1) is 0 Å². The van der Waals surface area contributed by atoms with E-state index < -0.39 is 12.4 Å². The van der Waals surface area contributed by atoms with E-state index in [2.05, 4.69) is 0 Å². The summed E-state index contributed by atoms with van der Waals surface area (Å²) >= 11 is 0. The van der Waals surface area contributed by atoms with E-state index in [-0.39, 0.29) is 6.10 Å². The van der Waals surface area contributed by atoms with E-state index in [1.807, 2.05) is 30.3 Å². The summed E-state index contributed by atoms with van der Waals surface area (Å²) in [4.78, 5) is 10.9. The van der Waals surface area contributed by atoms with Crippen molar-refractivity contribution in [2.75, 3.05) is 7.11 Å². The summed E-state index contributed by atoms with van der Waals surface area (Å²) in [6.07, 6.45) is 0.00910. The second kappa shape index (κ2) is 4.99. The van der Waals surface area contributed by atoms with Crippen molar-refractivity contribution in [1.82, 2.24) is 0 Å². The molecule has 16 heavy (non-hydrogen) atoms. The maximum Gasteiger partial charge on any atom is 0.511 e. The summed E-state index contributed by atoms with van der Waals surface area (Å²) < 4.78 is 14.8. The lowest BCUT2D eigenvalue weighted by Crippen LogP contribution is -2.24. The zero-order valence-electron chi connectivity index (χ0n) is 9.09. The highest BCUT2D eigenvalue weighted by molar-refractivity contribution is 5.62. The van der Waals surface area contributed by atoms with Crippen LogP contribution in [0.25, 0.3) is 0 Å². The van der Waals surface area contributed by atoms with Gasteiger partial charge < -0.3 is 14.2 Å². The molecule has 0 amide bonds.